The van der Waals surface area contributed by atoms with Crippen LogP contribution in [0.4, 0.5) is 24.7 Å². The summed E-state index contributed by atoms with van der Waals surface area (Å²) in [6.07, 6.45) is -1.20. The van der Waals surface area contributed by atoms with E-state index in [2.05, 4.69) is 15.6 Å². The maximum Gasteiger partial charge on any atom is 0.416 e. The number of hydrogen-bond donors (Lipinski definition) is 3. The highest BCUT2D eigenvalue weighted by molar-refractivity contribution is 7.99. The van der Waals surface area contributed by atoms with E-state index in [-0.39, 0.29) is 28.0 Å². The van der Waals surface area contributed by atoms with Gasteiger partial charge in [-0.05, 0) is 55.5 Å². The van der Waals surface area contributed by atoms with Crippen molar-refractivity contribution in [2.45, 2.75) is 32.0 Å². The van der Waals surface area contributed by atoms with Gasteiger partial charge in [0.25, 0.3) is 5.91 Å². The molecule has 1 amide bonds. The van der Waals surface area contributed by atoms with Crippen LogP contribution in [0.3, 0.4) is 0 Å². The molecule has 1 saturated heterocycles. The second-order valence-corrected chi connectivity index (χ2v) is 8.50. The van der Waals surface area contributed by atoms with E-state index in [0.29, 0.717) is 11.4 Å². The number of nitrogens with one attached hydrogen (secondary N) is 3. The first-order chi connectivity index (χ1) is 14.2. The minimum Gasteiger partial charge on any atom is -0.367 e. The molecule has 3 rings (SSSR count). The first kappa shape index (κ1) is 22.4. The summed E-state index contributed by atoms with van der Waals surface area (Å²) in [5.41, 5.74) is -0.0696. The van der Waals surface area contributed by atoms with Crippen LogP contribution in [0.15, 0.2) is 30.5 Å². The lowest BCUT2D eigenvalue weighted by Gasteiger charge is -2.24. The minimum absolute atomic E-state index is 0.0444. The van der Waals surface area contributed by atoms with Crippen LogP contribution in [-0.2, 0) is 6.18 Å². The van der Waals surface area contributed by atoms with Crippen LogP contribution in [0.5, 0.6) is 0 Å². The largest absolute Gasteiger partial charge is 0.416 e. The van der Waals surface area contributed by atoms with E-state index in [1.165, 1.54) is 18.3 Å². The van der Waals surface area contributed by atoms with Crippen molar-refractivity contribution >= 4 is 46.5 Å². The zero-order chi connectivity index (χ0) is 21.9. The zero-order valence-electron chi connectivity index (χ0n) is 16.1. The lowest BCUT2D eigenvalue weighted by molar-refractivity contribution is -0.137. The van der Waals surface area contributed by atoms with E-state index in [1.54, 1.807) is 6.92 Å². The maximum atomic E-state index is 12.7. The highest BCUT2D eigenvalue weighted by Crippen LogP contribution is 2.31. The fraction of sp³-hybridized carbons (Fsp3) is 0.350. The Kier molecular flexibility index (Phi) is 6.92. The number of aromatic nitrogens is 1. The van der Waals surface area contributed by atoms with E-state index >= 15 is 0 Å². The number of alkyl halides is 3. The van der Waals surface area contributed by atoms with E-state index in [9.17, 15) is 18.0 Å². The first-order valence-electron chi connectivity index (χ1n) is 9.23. The summed E-state index contributed by atoms with van der Waals surface area (Å²) in [5.74, 6) is 1.92. The number of rotatable bonds is 5. The number of carbonyl (C=O) groups excluding carboxylic acids is 1. The van der Waals surface area contributed by atoms with Gasteiger partial charge in [0, 0.05) is 23.6 Å². The van der Waals surface area contributed by atoms with Gasteiger partial charge in [-0.15, -0.1) is 0 Å². The van der Waals surface area contributed by atoms with Gasteiger partial charge < -0.3 is 16.0 Å². The van der Waals surface area contributed by atoms with E-state index in [4.69, 9.17) is 17.0 Å². The summed E-state index contributed by atoms with van der Waals surface area (Å²) < 4.78 is 38.1. The molecule has 1 aromatic carbocycles. The average Bonchev–Trinajstić information content (AvgIpc) is 2.68. The number of thioether (sulfide) groups is 1. The van der Waals surface area contributed by atoms with Crippen molar-refractivity contribution in [2.24, 2.45) is 0 Å². The lowest BCUT2D eigenvalue weighted by Crippen LogP contribution is -2.26. The van der Waals surface area contributed by atoms with Crippen molar-refractivity contribution in [3.63, 3.8) is 0 Å². The molecular weight excluding hydrogens is 437 g/mol. The molecular formula is C20H20ClF3N4OS. The van der Waals surface area contributed by atoms with Crippen LogP contribution >= 0.6 is 23.4 Å². The van der Waals surface area contributed by atoms with E-state index in [0.717, 1.165) is 36.5 Å². The summed E-state index contributed by atoms with van der Waals surface area (Å²) in [6, 6.07) is 4.33. The van der Waals surface area contributed by atoms with Crippen LogP contribution in [0.1, 0.15) is 41.3 Å². The summed E-state index contributed by atoms with van der Waals surface area (Å²) in [7, 11) is 0. The third-order valence-corrected chi connectivity index (χ3v) is 6.11. The van der Waals surface area contributed by atoms with Gasteiger partial charge >= 0.3 is 6.18 Å². The zero-order valence-corrected chi connectivity index (χ0v) is 17.6. The Hall–Kier alpha value is -2.26. The topological polar surface area (TPSA) is 77.9 Å². The first-order valence-corrected chi connectivity index (χ1v) is 10.8. The van der Waals surface area contributed by atoms with Gasteiger partial charge in [0.1, 0.15) is 5.82 Å². The second-order valence-electron chi connectivity index (χ2n) is 6.89. The van der Waals surface area contributed by atoms with E-state index < -0.39 is 17.6 Å². The monoisotopic (exact) mass is 456 g/mol. The Labute approximate surface area is 181 Å². The highest BCUT2D eigenvalue weighted by atomic mass is 35.5. The van der Waals surface area contributed by atoms with Crippen LogP contribution in [-0.4, -0.2) is 34.2 Å². The predicted octanol–water partition coefficient (Wildman–Crippen LogP) is 5.70. The van der Waals surface area contributed by atoms with Crippen LogP contribution in [0.25, 0.3) is 0 Å². The van der Waals surface area contributed by atoms with Gasteiger partial charge in [-0.2, -0.15) is 24.9 Å². The van der Waals surface area contributed by atoms with Crippen molar-refractivity contribution in [3.05, 3.63) is 52.2 Å². The van der Waals surface area contributed by atoms with Crippen molar-refractivity contribution in [1.29, 1.82) is 5.41 Å². The molecule has 0 bridgehead atoms. The third kappa shape index (κ3) is 5.26. The quantitative estimate of drug-likeness (QED) is 0.504. The summed E-state index contributed by atoms with van der Waals surface area (Å²) >= 11 is 8.33. The molecule has 5 nitrogen and oxygen atoms in total. The number of nitrogens with zero attached hydrogens (tertiary/aromatic N) is 1. The average molecular weight is 457 g/mol. The molecule has 0 unspecified atom stereocenters. The molecule has 2 heterocycles. The molecule has 1 aliphatic heterocycles. The van der Waals surface area contributed by atoms with Gasteiger partial charge in [-0.25, -0.2) is 4.98 Å². The van der Waals surface area contributed by atoms with Crippen LogP contribution in [0, 0.1) is 5.41 Å². The normalized spacial score (nSPS) is 15.0. The molecule has 1 fully saturated rings. The summed E-state index contributed by atoms with van der Waals surface area (Å²) in [4.78, 5) is 17.0. The van der Waals surface area contributed by atoms with Gasteiger partial charge in [0.15, 0.2) is 0 Å². The molecule has 3 N–H and O–H groups in total. The lowest BCUT2D eigenvalue weighted by atomic mass is 10.1. The van der Waals surface area contributed by atoms with Crippen molar-refractivity contribution in [2.75, 3.05) is 22.1 Å². The van der Waals surface area contributed by atoms with Crippen LogP contribution in [0.2, 0.25) is 5.02 Å². The molecule has 10 heteroatoms. The standard InChI is InChI=1S/C20H20ClF3N4OS/c1-11(25)16-17(21)15(10-26-18(16)27-14-6-8-30-9-7-14)19(29)28-13-4-2-12(3-5-13)20(22,23)24/h2-5,10,14,25H,6-9H2,1H3,(H,26,27)(H,28,29). The maximum absolute atomic E-state index is 12.7. The molecule has 1 aliphatic rings. The second kappa shape index (κ2) is 9.26. The number of carbonyl (C=O) groups is 1. The SMILES string of the molecule is CC(=N)c1c(NC2CCSCC2)ncc(C(=O)Nc2ccc(C(F)(F)F)cc2)c1Cl. The molecule has 160 valence electrons. The Morgan fingerprint density at radius 2 is 1.87 bits per heavy atom. The van der Waals surface area contributed by atoms with Crippen molar-refractivity contribution in [1.82, 2.24) is 4.98 Å². The predicted molar refractivity (Wildman–Crippen MR) is 115 cm³/mol. The van der Waals surface area contributed by atoms with Crippen LogP contribution < -0.4 is 10.6 Å². The fourth-order valence-corrected chi connectivity index (χ4v) is 4.55. The Morgan fingerprint density at radius 1 is 1.23 bits per heavy atom. The van der Waals surface area contributed by atoms with Crippen molar-refractivity contribution in [3.8, 4) is 0 Å². The number of hydrogen-bond acceptors (Lipinski definition) is 5. The molecule has 0 atom stereocenters. The summed E-state index contributed by atoms with van der Waals surface area (Å²) in [5, 5.41) is 14.0. The van der Waals surface area contributed by atoms with Gasteiger partial charge in [-0.1, -0.05) is 11.6 Å². The Morgan fingerprint density at radius 3 is 2.43 bits per heavy atom. The summed E-state index contributed by atoms with van der Waals surface area (Å²) in [6.45, 7) is 1.56. The third-order valence-electron chi connectivity index (χ3n) is 4.67. The van der Waals surface area contributed by atoms with Gasteiger partial charge in [0.05, 0.1) is 21.7 Å². The van der Waals surface area contributed by atoms with E-state index in [1.807, 2.05) is 11.8 Å². The molecule has 1 aromatic heterocycles. The minimum atomic E-state index is -4.45. The molecule has 0 saturated carbocycles. The Bertz CT molecular complexity index is 944. The highest BCUT2D eigenvalue weighted by Gasteiger charge is 2.30. The molecule has 2 aromatic rings. The number of benzene rings is 1. The number of pyridine rings is 1. The van der Waals surface area contributed by atoms with Gasteiger partial charge in [0.2, 0.25) is 0 Å². The number of halogens is 4. The molecule has 0 aliphatic carbocycles. The molecule has 0 spiro atoms. The fourth-order valence-electron chi connectivity index (χ4n) is 3.08. The van der Waals surface area contributed by atoms with Gasteiger partial charge in [-0.3, -0.25) is 4.79 Å². The van der Waals surface area contributed by atoms with Crippen molar-refractivity contribution < 1.29 is 18.0 Å². The Balaban J connectivity index is 1.82. The molecule has 0 radical (unpaired) electrons. The number of anilines is 2. The number of amides is 1. The smallest absolute Gasteiger partial charge is 0.367 e. The molecule has 30 heavy (non-hydrogen) atoms.